The molecule has 15 heavy (non-hydrogen) atoms. The first-order chi connectivity index (χ1) is 7.22. The van der Waals surface area contributed by atoms with Crippen LogP contribution in [0.5, 0.6) is 5.75 Å². The Hall–Kier alpha value is -1.49. The molecular weight excluding hydrogens is 260 g/mol. The first kappa shape index (κ1) is 10.0. The van der Waals surface area contributed by atoms with Crippen molar-refractivity contribution in [2.45, 2.75) is 0 Å². The van der Waals surface area contributed by atoms with E-state index in [0.717, 1.165) is 10.0 Å². The monoisotopic (exact) mass is 268 g/mol. The van der Waals surface area contributed by atoms with Gasteiger partial charge in [-0.25, -0.2) is 0 Å². The lowest BCUT2D eigenvalue weighted by Crippen LogP contribution is -1.87. The number of nitrogens with zero attached hydrogens (tertiary/aromatic N) is 1. The Labute approximate surface area is 95.1 Å². The highest BCUT2D eigenvalue weighted by Crippen LogP contribution is 2.36. The number of nitrogen functional groups attached to an aromatic ring is 1. The van der Waals surface area contributed by atoms with Crippen LogP contribution < -0.4 is 10.5 Å². The van der Waals surface area contributed by atoms with E-state index in [1.54, 1.807) is 13.2 Å². The van der Waals surface area contributed by atoms with E-state index in [9.17, 15) is 0 Å². The summed E-state index contributed by atoms with van der Waals surface area (Å²) in [6.45, 7) is 0. The van der Waals surface area contributed by atoms with Gasteiger partial charge < -0.3 is 15.0 Å². The van der Waals surface area contributed by atoms with E-state index >= 15 is 0 Å². The molecule has 0 amide bonds. The Balaban J connectivity index is 2.60. The number of halogens is 1. The SMILES string of the molecule is COc1cccc(Br)c1-c1cc(N)no1. The fourth-order valence-electron chi connectivity index (χ4n) is 1.32. The number of hydrogen-bond acceptors (Lipinski definition) is 4. The smallest absolute Gasteiger partial charge is 0.173 e. The van der Waals surface area contributed by atoms with Crippen LogP contribution in [0, 0.1) is 0 Å². The number of hydrogen-bond donors (Lipinski definition) is 1. The predicted octanol–water partition coefficient (Wildman–Crippen LogP) is 2.69. The van der Waals surface area contributed by atoms with Gasteiger partial charge >= 0.3 is 0 Å². The molecule has 2 rings (SSSR count). The van der Waals surface area contributed by atoms with Crippen LogP contribution in [0.25, 0.3) is 11.3 Å². The number of aromatic nitrogens is 1. The second-order valence-electron chi connectivity index (χ2n) is 2.93. The Kier molecular flexibility index (Phi) is 2.64. The zero-order chi connectivity index (χ0) is 10.8. The lowest BCUT2D eigenvalue weighted by molar-refractivity contribution is 0.406. The quantitative estimate of drug-likeness (QED) is 0.910. The van der Waals surface area contributed by atoms with Gasteiger partial charge in [0.05, 0.1) is 12.7 Å². The Morgan fingerprint density at radius 3 is 2.87 bits per heavy atom. The fourth-order valence-corrected chi connectivity index (χ4v) is 1.86. The van der Waals surface area contributed by atoms with E-state index in [4.69, 9.17) is 15.0 Å². The highest BCUT2D eigenvalue weighted by Gasteiger charge is 2.14. The fraction of sp³-hybridized carbons (Fsp3) is 0.100. The van der Waals surface area contributed by atoms with Crippen LogP contribution in [0.1, 0.15) is 0 Å². The second kappa shape index (κ2) is 3.94. The summed E-state index contributed by atoms with van der Waals surface area (Å²) in [5.41, 5.74) is 6.31. The summed E-state index contributed by atoms with van der Waals surface area (Å²) in [5, 5.41) is 3.64. The molecule has 1 aromatic heterocycles. The van der Waals surface area contributed by atoms with Crippen LogP contribution in [0.2, 0.25) is 0 Å². The van der Waals surface area contributed by atoms with Crippen molar-refractivity contribution < 1.29 is 9.26 Å². The summed E-state index contributed by atoms with van der Waals surface area (Å²) in [4.78, 5) is 0. The van der Waals surface area contributed by atoms with Gasteiger partial charge in [-0.2, -0.15) is 0 Å². The van der Waals surface area contributed by atoms with Gasteiger partial charge in [0.1, 0.15) is 5.75 Å². The molecule has 4 nitrogen and oxygen atoms in total. The van der Waals surface area contributed by atoms with Gasteiger partial charge in [-0.05, 0) is 28.1 Å². The van der Waals surface area contributed by atoms with Gasteiger partial charge in [0.25, 0.3) is 0 Å². The molecule has 0 spiro atoms. The standard InChI is InChI=1S/C10H9BrN2O2/c1-14-7-4-2-3-6(11)10(7)8-5-9(12)13-15-8/h2-5H,1H3,(H2,12,13). The number of ether oxygens (including phenoxy) is 1. The van der Waals surface area contributed by atoms with Crippen LogP contribution in [0.3, 0.4) is 0 Å². The molecule has 0 atom stereocenters. The first-order valence-electron chi connectivity index (χ1n) is 4.27. The maximum Gasteiger partial charge on any atom is 0.173 e. The lowest BCUT2D eigenvalue weighted by atomic mass is 10.1. The molecule has 1 heterocycles. The van der Waals surface area contributed by atoms with Gasteiger partial charge in [-0.1, -0.05) is 11.2 Å². The zero-order valence-electron chi connectivity index (χ0n) is 8.03. The molecule has 0 aliphatic rings. The predicted molar refractivity (Wildman–Crippen MR) is 60.6 cm³/mol. The third kappa shape index (κ3) is 1.83. The van der Waals surface area contributed by atoms with Crippen molar-refractivity contribution in [2.75, 3.05) is 12.8 Å². The minimum absolute atomic E-state index is 0.350. The van der Waals surface area contributed by atoms with E-state index in [2.05, 4.69) is 21.1 Å². The van der Waals surface area contributed by atoms with Crippen LogP contribution in [-0.2, 0) is 0 Å². The number of nitrogens with two attached hydrogens (primary N) is 1. The van der Waals surface area contributed by atoms with Crippen LogP contribution in [0.4, 0.5) is 5.82 Å². The molecule has 5 heteroatoms. The second-order valence-corrected chi connectivity index (χ2v) is 3.79. The molecule has 0 bridgehead atoms. The lowest BCUT2D eigenvalue weighted by Gasteiger charge is -2.06. The molecule has 0 saturated heterocycles. The number of benzene rings is 1. The van der Waals surface area contributed by atoms with Crippen molar-refractivity contribution in [3.63, 3.8) is 0 Å². The van der Waals surface area contributed by atoms with Crippen molar-refractivity contribution in [3.8, 4) is 17.1 Å². The average molecular weight is 269 g/mol. The van der Waals surface area contributed by atoms with Crippen LogP contribution in [0.15, 0.2) is 33.3 Å². The molecule has 0 aliphatic heterocycles. The largest absolute Gasteiger partial charge is 0.496 e. The summed E-state index contributed by atoms with van der Waals surface area (Å²) >= 11 is 3.43. The molecule has 78 valence electrons. The zero-order valence-corrected chi connectivity index (χ0v) is 9.61. The first-order valence-corrected chi connectivity index (χ1v) is 5.06. The minimum atomic E-state index is 0.350. The van der Waals surface area contributed by atoms with Gasteiger partial charge in [0.2, 0.25) is 0 Å². The van der Waals surface area contributed by atoms with Crippen LogP contribution >= 0.6 is 15.9 Å². The van der Waals surface area contributed by atoms with E-state index in [1.807, 2.05) is 18.2 Å². The summed E-state index contributed by atoms with van der Waals surface area (Å²) in [7, 11) is 1.60. The maximum absolute atomic E-state index is 5.50. The highest BCUT2D eigenvalue weighted by molar-refractivity contribution is 9.10. The third-order valence-electron chi connectivity index (χ3n) is 1.97. The van der Waals surface area contributed by atoms with E-state index in [-0.39, 0.29) is 0 Å². The van der Waals surface area contributed by atoms with Gasteiger partial charge in [-0.3, -0.25) is 0 Å². The van der Waals surface area contributed by atoms with Crippen molar-refractivity contribution in [2.24, 2.45) is 0 Å². The van der Waals surface area contributed by atoms with Crippen molar-refractivity contribution >= 4 is 21.7 Å². The summed E-state index contributed by atoms with van der Waals surface area (Å²) < 4.78 is 11.2. The molecule has 2 aromatic rings. The summed E-state index contributed by atoms with van der Waals surface area (Å²) in [6.07, 6.45) is 0. The molecule has 0 fully saturated rings. The topological polar surface area (TPSA) is 61.3 Å². The van der Waals surface area contributed by atoms with E-state index < -0.39 is 0 Å². The number of rotatable bonds is 2. The van der Waals surface area contributed by atoms with Crippen molar-refractivity contribution in [1.82, 2.24) is 5.16 Å². The average Bonchev–Trinajstić information content (AvgIpc) is 2.64. The summed E-state index contributed by atoms with van der Waals surface area (Å²) in [6, 6.07) is 7.28. The minimum Gasteiger partial charge on any atom is -0.496 e. The molecule has 0 aliphatic carbocycles. The van der Waals surface area contributed by atoms with E-state index in [0.29, 0.717) is 17.3 Å². The molecule has 0 radical (unpaired) electrons. The Morgan fingerprint density at radius 1 is 1.47 bits per heavy atom. The molecular formula is C10H9BrN2O2. The normalized spacial score (nSPS) is 10.3. The molecule has 0 saturated carbocycles. The Bertz CT molecular complexity index is 482. The molecule has 0 unspecified atom stereocenters. The van der Waals surface area contributed by atoms with Gasteiger partial charge in [-0.15, -0.1) is 0 Å². The van der Waals surface area contributed by atoms with Crippen molar-refractivity contribution in [3.05, 3.63) is 28.7 Å². The van der Waals surface area contributed by atoms with Gasteiger partial charge in [0.15, 0.2) is 11.6 Å². The third-order valence-corrected chi connectivity index (χ3v) is 2.63. The number of methoxy groups -OCH3 is 1. The Morgan fingerprint density at radius 2 is 2.27 bits per heavy atom. The molecule has 1 aromatic carbocycles. The maximum atomic E-state index is 5.50. The number of anilines is 1. The highest BCUT2D eigenvalue weighted by atomic mass is 79.9. The molecule has 2 N–H and O–H groups in total. The van der Waals surface area contributed by atoms with Gasteiger partial charge in [0, 0.05) is 10.5 Å². The van der Waals surface area contributed by atoms with E-state index in [1.165, 1.54) is 0 Å². The summed E-state index contributed by atoms with van der Waals surface area (Å²) in [5.74, 6) is 1.64. The van der Waals surface area contributed by atoms with Crippen molar-refractivity contribution in [1.29, 1.82) is 0 Å². The van der Waals surface area contributed by atoms with Crippen LogP contribution in [-0.4, -0.2) is 12.3 Å².